The van der Waals surface area contributed by atoms with E-state index in [1.807, 2.05) is 0 Å². The average Bonchev–Trinajstić information content (AvgIpc) is 2.42. The molecule has 0 aromatic heterocycles. The van der Waals surface area contributed by atoms with Gasteiger partial charge < -0.3 is 18.9 Å². The zero-order valence-electron chi connectivity index (χ0n) is 13.7. The van der Waals surface area contributed by atoms with Gasteiger partial charge in [0.15, 0.2) is 12.2 Å². The highest BCUT2D eigenvalue weighted by atomic mass is 79.9. The van der Waals surface area contributed by atoms with Gasteiger partial charge in [0, 0.05) is 33.3 Å². The summed E-state index contributed by atoms with van der Waals surface area (Å²) < 4.78 is 20.5. The van der Waals surface area contributed by atoms with E-state index in [-0.39, 0.29) is 6.61 Å². The molecule has 0 bridgehead atoms. The van der Waals surface area contributed by atoms with E-state index in [1.165, 1.54) is 33.8 Å². The SMILES string of the molecule is CC(=O)OCC1=C[C@@H](OC(C)=O)[C@H](OC(C)=O)[C@H](Br)[C@H]1OC(C)=O. The minimum absolute atomic E-state index is 0.153. The molecular weight excluding hydrogens is 388 g/mol. The molecule has 9 heteroatoms. The Morgan fingerprint density at radius 1 is 0.917 bits per heavy atom. The summed E-state index contributed by atoms with van der Waals surface area (Å²) in [5.41, 5.74) is 0.414. The second-order valence-electron chi connectivity index (χ2n) is 5.14. The van der Waals surface area contributed by atoms with Crippen LogP contribution in [0.25, 0.3) is 0 Å². The predicted molar refractivity (Wildman–Crippen MR) is 84.1 cm³/mol. The van der Waals surface area contributed by atoms with Crippen LogP contribution >= 0.6 is 15.9 Å². The highest BCUT2D eigenvalue weighted by Crippen LogP contribution is 2.32. The number of hydrogen-bond acceptors (Lipinski definition) is 8. The van der Waals surface area contributed by atoms with Gasteiger partial charge >= 0.3 is 23.9 Å². The summed E-state index contributed by atoms with van der Waals surface area (Å²) in [5, 5.41) is 0. The first-order valence-corrected chi connectivity index (χ1v) is 8.03. The van der Waals surface area contributed by atoms with Gasteiger partial charge in [0.2, 0.25) is 0 Å². The summed E-state index contributed by atoms with van der Waals surface area (Å²) in [6, 6.07) is 0. The van der Waals surface area contributed by atoms with Gasteiger partial charge in [-0.05, 0) is 6.08 Å². The molecule has 134 valence electrons. The lowest BCUT2D eigenvalue weighted by Gasteiger charge is -2.37. The number of hydrogen-bond donors (Lipinski definition) is 0. The smallest absolute Gasteiger partial charge is 0.303 e. The number of carbonyl (C=O) groups is 4. The van der Waals surface area contributed by atoms with Crippen LogP contribution in [0.4, 0.5) is 0 Å². The molecule has 1 rings (SSSR count). The number of ether oxygens (including phenoxy) is 4. The summed E-state index contributed by atoms with van der Waals surface area (Å²) in [5.74, 6) is -2.24. The second kappa shape index (κ2) is 8.81. The molecule has 1 aliphatic carbocycles. The van der Waals surface area contributed by atoms with E-state index >= 15 is 0 Å². The zero-order chi connectivity index (χ0) is 18.4. The zero-order valence-corrected chi connectivity index (χ0v) is 15.3. The van der Waals surface area contributed by atoms with E-state index in [1.54, 1.807) is 0 Å². The van der Waals surface area contributed by atoms with Crippen LogP contribution in [0.2, 0.25) is 0 Å². The molecule has 0 radical (unpaired) electrons. The van der Waals surface area contributed by atoms with Gasteiger partial charge in [0.1, 0.15) is 12.7 Å². The number of esters is 4. The largest absolute Gasteiger partial charge is 0.461 e. The number of carbonyl (C=O) groups excluding carboxylic acids is 4. The Kier molecular flexibility index (Phi) is 7.40. The highest BCUT2D eigenvalue weighted by molar-refractivity contribution is 9.09. The molecule has 0 saturated heterocycles. The van der Waals surface area contributed by atoms with Crippen molar-refractivity contribution in [3.05, 3.63) is 11.6 Å². The van der Waals surface area contributed by atoms with E-state index < -0.39 is 47.0 Å². The molecule has 0 aliphatic heterocycles. The number of halogens is 1. The van der Waals surface area contributed by atoms with Crippen LogP contribution in [-0.2, 0) is 38.1 Å². The Morgan fingerprint density at radius 3 is 1.92 bits per heavy atom. The van der Waals surface area contributed by atoms with Crippen LogP contribution in [0.3, 0.4) is 0 Å². The molecule has 1 aliphatic rings. The first-order valence-electron chi connectivity index (χ1n) is 7.11. The Morgan fingerprint density at radius 2 is 1.46 bits per heavy atom. The summed E-state index contributed by atoms with van der Waals surface area (Å²) in [4.78, 5) is 44.3. The molecule has 0 aromatic carbocycles. The molecule has 4 atom stereocenters. The van der Waals surface area contributed by atoms with Gasteiger partial charge in [-0.15, -0.1) is 0 Å². The Bertz CT molecular complexity index is 556. The molecule has 0 N–H and O–H groups in total. The lowest BCUT2D eigenvalue weighted by molar-refractivity contribution is -0.166. The van der Waals surface area contributed by atoms with Crippen LogP contribution < -0.4 is 0 Å². The second-order valence-corrected chi connectivity index (χ2v) is 6.20. The first-order chi connectivity index (χ1) is 11.1. The monoisotopic (exact) mass is 406 g/mol. The van der Waals surface area contributed by atoms with Crippen LogP contribution in [0, 0.1) is 0 Å². The lowest BCUT2D eigenvalue weighted by Crippen LogP contribution is -2.50. The Balaban J connectivity index is 3.18. The van der Waals surface area contributed by atoms with Gasteiger partial charge in [-0.1, -0.05) is 15.9 Å². The molecule has 0 spiro atoms. The normalized spacial score (nSPS) is 26.0. The fourth-order valence-corrected chi connectivity index (χ4v) is 3.07. The Hall–Kier alpha value is -1.90. The molecule has 0 fully saturated rings. The van der Waals surface area contributed by atoms with Crippen molar-refractivity contribution in [2.45, 2.75) is 50.8 Å². The minimum Gasteiger partial charge on any atom is -0.461 e. The number of rotatable bonds is 5. The molecule has 0 heterocycles. The molecule has 24 heavy (non-hydrogen) atoms. The van der Waals surface area contributed by atoms with Gasteiger partial charge in [-0.2, -0.15) is 0 Å². The summed E-state index contributed by atoms with van der Waals surface area (Å²) in [7, 11) is 0. The fourth-order valence-electron chi connectivity index (χ4n) is 2.21. The van der Waals surface area contributed by atoms with Gasteiger partial charge in [-0.3, -0.25) is 19.2 Å². The van der Waals surface area contributed by atoms with Crippen LogP contribution in [0.15, 0.2) is 11.6 Å². The van der Waals surface area contributed by atoms with Crippen LogP contribution in [-0.4, -0.2) is 53.6 Å². The minimum atomic E-state index is -0.909. The van der Waals surface area contributed by atoms with Gasteiger partial charge in [-0.25, -0.2) is 0 Å². The summed E-state index contributed by atoms with van der Waals surface area (Å²) >= 11 is 3.33. The van der Waals surface area contributed by atoms with Crippen molar-refractivity contribution in [3.63, 3.8) is 0 Å². The molecule has 0 unspecified atom stereocenters. The Labute approximate surface area is 147 Å². The average molecular weight is 407 g/mol. The highest BCUT2D eigenvalue weighted by Gasteiger charge is 2.44. The number of alkyl halides is 1. The van der Waals surface area contributed by atoms with Crippen LogP contribution in [0.5, 0.6) is 0 Å². The fraction of sp³-hybridized carbons (Fsp3) is 0.600. The van der Waals surface area contributed by atoms with Crippen molar-refractivity contribution in [1.82, 2.24) is 0 Å². The molecule has 0 aromatic rings. The van der Waals surface area contributed by atoms with Crippen molar-refractivity contribution in [2.75, 3.05) is 6.61 Å². The topological polar surface area (TPSA) is 105 Å². The van der Waals surface area contributed by atoms with Gasteiger partial charge in [0.05, 0.1) is 4.83 Å². The quantitative estimate of drug-likeness (QED) is 0.288. The van der Waals surface area contributed by atoms with Crippen molar-refractivity contribution in [1.29, 1.82) is 0 Å². The third-order valence-corrected chi connectivity index (χ3v) is 4.01. The van der Waals surface area contributed by atoms with E-state index in [0.29, 0.717) is 5.57 Å². The first kappa shape index (κ1) is 20.1. The van der Waals surface area contributed by atoms with E-state index in [2.05, 4.69) is 15.9 Å². The maximum Gasteiger partial charge on any atom is 0.303 e. The molecule has 0 saturated carbocycles. The molecule has 8 nitrogen and oxygen atoms in total. The predicted octanol–water partition coefficient (Wildman–Crippen LogP) is 1.05. The maximum absolute atomic E-state index is 11.4. The lowest BCUT2D eigenvalue weighted by atomic mass is 9.91. The summed E-state index contributed by atoms with van der Waals surface area (Å²) in [6.45, 7) is 4.73. The van der Waals surface area contributed by atoms with Crippen LogP contribution in [0.1, 0.15) is 27.7 Å². The standard InChI is InChI=1S/C15H19BrO8/c1-7(17)21-6-11-5-12(22-8(2)18)15(24-10(4)20)13(16)14(11)23-9(3)19/h5,12-15H,6H2,1-4H3/t12-,13-,14+,15+/m1/s1. The third-order valence-electron chi connectivity index (χ3n) is 3.01. The molecular formula is C15H19BrO8. The molecule has 0 amide bonds. The van der Waals surface area contributed by atoms with E-state index in [9.17, 15) is 19.2 Å². The van der Waals surface area contributed by atoms with Gasteiger partial charge in [0.25, 0.3) is 0 Å². The summed E-state index contributed by atoms with van der Waals surface area (Å²) in [6.07, 6.45) is -1.20. The van der Waals surface area contributed by atoms with Crippen molar-refractivity contribution < 1.29 is 38.1 Å². The van der Waals surface area contributed by atoms with Crippen molar-refractivity contribution in [3.8, 4) is 0 Å². The van der Waals surface area contributed by atoms with Crippen molar-refractivity contribution >= 4 is 39.8 Å². The van der Waals surface area contributed by atoms with E-state index in [0.717, 1.165) is 0 Å². The third kappa shape index (κ3) is 5.95. The van der Waals surface area contributed by atoms with Crippen molar-refractivity contribution in [2.24, 2.45) is 0 Å². The van der Waals surface area contributed by atoms with E-state index in [4.69, 9.17) is 18.9 Å². The maximum atomic E-state index is 11.4.